The summed E-state index contributed by atoms with van der Waals surface area (Å²) in [6.07, 6.45) is 0. The zero-order valence-electron chi connectivity index (χ0n) is 9.62. The highest BCUT2D eigenvalue weighted by Gasteiger charge is 2.17. The third-order valence-electron chi connectivity index (χ3n) is 1.54. The summed E-state index contributed by atoms with van der Waals surface area (Å²) in [5.41, 5.74) is -0.432. The average molecular weight is 279 g/mol. The van der Waals surface area contributed by atoms with Crippen LogP contribution in [0.15, 0.2) is 18.2 Å². The molecule has 0 aromatic heterocycles. The van der Waals surface area contributed by atoms with E-state index in [1.807, 2.05) is 0 Å². The van der Waals surface area contributed by atoms with E-state index < -0.39 is 11.6 Å². The zero-order chi connectivity index (χ0) is 13.1. The molecule has 0 saturated heterocycles. The number of halogens is 2. The van der Waals surface area contributed by atoms with Crippen molar-refractivity contribution in [2.45, 2.75) is 26.4 Å². The molecule has 0 fully saturated rings. The Balaban J connectivity index is 2.59. The molecule has 0 aliphatic rings. The molecule has 0 heterocycles. The number of carbonyl (C=O) groups is 1. The SMILES string of the molecule is CC(C)(C)OOOC(=O)c1ccc(Cl)cc1Cl. The summed E-state index contributed by atoms with van der Waals surface area (Å²) in [4.78, 5) is 20.7. The van der Waals surface area contributed by atoms with Gasteiger partial charge in [-0.2, -0.15) is 4.89 Å². The van der Waals surface area contributed by atoms with Gasteiger partial charge in [0.25, 0.3) is 0 Å². The standard InChI is InChI=1S/C11H12Cl2O4/c1-11(2,3)16-17-15-10(14)8-5-4-7(12)6-9(8)13/h4-6H,1-3H3. The Morgan fingerprint density at radius 3 is 2.41 bits per heavy atom. The average Bonchev–Trinajstić information content (AvgIpc) is 2.15. The first-order chi connectivity index (χ1) is 7.79. The zero-order valence-corrected chi connectivity index (χ0v) is 11.1. The Morgan fingerprint density at radius 2 is 1.88 bits per heavy atom. The molecule has 0 aliphatic carbocycles. The van der Waals surface area contributed by atoms with Crippen molar-refractivity contribution in [3.63, 3.8) is 0 Å². The maximum atomic E-state index is 11.5. The second-order valence-corrected chi connectivity index (χ2v) is 5.10. The van der Waals surface area contributed by atoms with Crippen LogP contribution in [0, 0.1) is 0 Å². The van der Waals surface area contributed by atoms with Crippen LogP contribution >= 0.6 is 23.2 Å². The lowest BCUT2D eigenvalue weighted by atomic mass is 10.2. The Hall–Kier alpha value is -0.810. The van der Waals surface area contributed by atoms with Gasteiger partial charge in [-0.15, -0.1) is 0 Å². The van der Waals surface area contributed by atoms with E-state index in [1.165, 1.54) is 18.2 Å². The van der Waals surface area contributed by atoms with Crippen molar-refractivity contribution in [1.82, 2.24) is 0 Å². The van der Waals surface area contributed by atoms with Crippen LogP contribution in [-0.4, -0.2) is 11.6 Å². The van der Waals surface area contributed by atoms with E-state index in [1.54, 1.807) is 20.8 Å². The molecule has 1 rings (SSSR count). The first-order valence-corrected chi connectivity index (χ1v) is 5.57. The van der Waals surface area contributed by atoms with Gasteiger partial charge >= 0.3 is 5.97 Å². The summed E-state index contributed by atoms with van der Waals surface area (Å²) < 4.78 is 0. The third kappa shape index (κ3) is 4.91. The van der Waals surface area contributed by atoms with Crippen molar-refractivity contribution in [2.75, 3.05) is 0 Å². The van der Waals surface area contributed by atoms with Gasteiger partial charge in [0.1, 0.15) is 0 Å². The molecule has 6 heteroatoms. The molecule has 0 bridgehead atoms. The molecule has 1 aromatic rings. The lowest BCUT2D eigenvalue weighted by molar-refractivity contribution is -0.510. The van der Waals surface area contributed by atoms with Gasteiger partial charge in [0.15, 0.2) is 0 Å². The van der Waals surface area contributed by atoms with Crippen LogP contribution in [0.1, 0.15) is 31.1 Å². The molecule has 0 saturated carbocycles. The third-order valence-corrected chi connectivity index (χ3v) is 2.09. The van der Waals surface area contributed by atoms with E-state index in [-0.39, 0.29) is 10.6 Å². The smallest absolute Gasteiger partial charge is 0.263 e. The van der Waals surface area contributed by atoms with Gasteiger partial charge < -0.3 is 0 Å². The van der Waals surface area contributed by atoms with Crippen LogP contribution in [0.5, 0.6) is 0 Å². The number of hydrogen-bond acceptors (Lipinski definition) is 4. The molecule has 0 spiro atoms. The number of benzene rings is 1. The summed E-state index contributed by atoms with van der Waals surface area (Å²) in [5.74, 6) is -0.754. The largest absolute Gasteiger partial charge is 0.377 e. The van der Waals surface area contributed by atoms with E-state index in [4.69, 9.17) is 28.1 Å². The van der Waals surface area contributed by atoms with Crippen molar-refractivity contribution in [1.29, 1.82) is 0 Å². The van der Waals surface area contributed by atoms with Gasteiger partial charge in [-0.05, 0) is 44.0 Å². The molecule has 17 heavy (non-hydrogen) atoms. The fraction of sp³-hybridized carbons (Fsp3) is 0.364. The van der Waals surface area contributed by atoms with Crippen LogP contribution in [0.25, 0.3) is 0 Å². The number of hydrogen-bond donors (Lipinski definition) is 0. The lowest BCUT2D eigenvalue weighted by Crippen LogP contribution is -2.20. The second-order valence-electron chi connectivity index (χ2n) is 4.26. The van der Waals surface area contributed by atoms with Crippen LogP contribution in [0.2, 0.25) is 10.0 Å². The molecule has 0 N–H and O–H groups in total. The van der Waals surface area contributed by atoms with Crippen molar-refractivity contribution in [2.24, 2.45) is 0 Å². The molecule has 1 aromatic carbocycles. The molecule has 4 nitrogen and oxygen atoms in total. The van der Waals surface area contributed by atoms with Crippen molar-refractivity contribution in [3.05, 3.63) is 33.8 Å². The fourth-order valence-electron chi connectivity index (χ4n) is 0.850. The van der Waals surface area contributed by atoms with Gasteiger partial charge in [0.2, 0.25) is 0 Å². The predicted octanol–water partition coefficient (Wildman–Crippen LogP) is 3.81. The molecule has 0 radical (unpaired) electrons. The molecule has 0 unspecified atom stereocenters. The molecular formula is C11H12Cl2O4. The van der Waals surface area contributed by atoms with Gasteiger partial charge in [-0.1, -0.05) is 23.2 Å². The van der Waals surface area contributed by atoms with E-state index >= 15 is 0 Å². The summed E-state index contributed by atoms with van der Waals surface area (Å²) in [5, 5.41) is 4.97. The first kappa shape index (κ1) is 14.3. The minimum atomic E-state index is -0.754. The Bertz CT molecular complexity index is 412. The Kier molecular flexibility index (Phi) is 4.77. The van der Waals surface area contributed by atoms with Crippen molar-refractivity contribution >= 4 is 29.2 Å². The van der Waals surface area contributed by atoms with Gasteiger partial charge in [-0.25, -0.2) is 4.79 Å². The number of carbonyl (C=O) groups excluding carboxylic acids is 1. The highest BCUT2D eigenvalue weighted by molar-refractivity contribution is 6.36. The maximum absolute atomic E-state index is 11.5. The van der Waals surface area contributed by atoms with Crippen LogP contribution in [0.3, 0.4) is 0 Å². The highest BCUT2D eigenvalue weighted by atomic mass is 35.5. The van der Waals surface area contributed by atoms with Gasteiger partial charge in [0, 0.05) is 5.02 Å². The molecule has 94 valence electrons. The van der Waals surface area contributed by atoms with Crippen LogP contribution in [0.4, 0.5) is 0 Å². The Labute approximate surface area is 109 Å². The summed E-state index contributed by atoms with van der Waals surface area (Å²) >= 11 is 11.5. The second kappa shape index (κ2) is 5.69. The monoisotopic (exact) mass is 278 g/mol. The van der Waals surface area contributed by atoms with Crippen LogP contribution in [-0.2, 0) is 14.8 Å². The fourth-order valence-corrected chi connectivity index (χ4v) is 1.34. The summed E-state index contributed by atoms with van der Waals surface area (Å²) in [6.45, 7) is 5.24. The molecule has 0 amide bonds. The summed E-state index contributed by atoms with van der Waals surface area (Å²) in [7, 11) is 0. The predicted molar refractivity (Wildman–Crippen MR) is 63.8 cm³/mol. The van der Waals surface area contributed by atoms with Gasteiger partial charge in [-0.3, -0.25) is 4.89 Å². The van der Waals surface area contributed by atoms with Crippen LogP contribution < -0.4 is 0 Å². The minimum absolute atomic E-state index is 0.147. The minimum Gasteiger partial charge on any atom is -0.263 e. The quantitative estimate of drug-likeness (QED) is 0.623. The summed E-state index contributed by atoms with van der Waals surface area (Å²) in [6, 6.07) is 4.40. The number of rotatable bonds is 3. The van der Waals surface area contributed by atoms with E-state index in [9.17, 15) is 4.79 Å². The molecule has 0 aliphatic heterocycles. The molecular weight excluding hydrogens is 267 g/mol. The normalized spacial score (nSPS) is 11.4. The van der Waals surface area contributed by atoms with Gasteiger partial charge in [0.05, 0.1) is 16.2 Å². The van der Waals surface area contributed by atoms with E-state index in [2.05, 4.69) is 9.93 Å². The first-order valence-electron chi connectivity index (χ1n) is 4.81. The van der Waals surface area contributed by atoms with E-state index in [0.29, 0.717) is 5.02 Å². The lowest BCUT2D eigenvalue weighted by Gasteiger charge is -2.15. The topological polar surface area (TPSA) is 44.8 Å². The van der Waals surface area contributed by atoms with Crippen molar-refractivity contribution in [3.8, 4) is 0 Å². The Morgan fingerprint density at radius 1 is 1.24 bits per heavy atom. The maximum Gasteiger partial charge on any atom is 0.377 e. The highest BCUT2D eigenvalue weighted by Crippen LogP contribution is 2.21. The van der Waals surface area contributed by atoms with Crippen molar-refractivity contribution < 1.29 is 19.6 Å². The van der Waals surface area contributed by atoms with E-state index in [0.717, 1.165) is 0 Å². The molecule has 0 atom stereocenters.